The number of pyridine rings is 1. The van der Waals surface area contributed by atoms with Gasteiger partial charge in [-0.25, -0.2) is 4.98 Å². The van der Waals surface area contributed by atoms with Crippen LogP contribution >= 0.6 is 0 Å². The van der Waals surface area contributed by atoms with Crippen LogP contribution < -0.4 is 10.2 Å². The van der Waals surface area contributed by atoms with Gasteiger partial charge in [0.15, 0.2) is 0 Å². The molecular formula is C24H30N4O2. The van der Waals surface area contributed by atoms with Crippen molar-refractivity contribution in [3.63, 3.8) is 0 Å². The highest BCUT2D eigenvalue weighted by molar-refractivity contribution is 5.98. The number of carbonyl (C=O) groups is 2. The number of hydrogen-bond acceptors (Lipinski definition) is 4. The lowest BCUT2D eigenvalue weighted by atomic mass is 9.79. The van der Waals surface area contributed by atoms with Crippen molar-refractivity contribution >= 4 is 23.3 Å². The Labute approximate surface area is 178 Å². The van der Waals surface area contributed by atoms with Crippen molar-refractivity contribution in [2.45, 2.75) is 45.7 Å². The standard InChI is InChI=1S/C24H30N4O2/c1-14-7-6-8-21(25-14)26-22-15(2)23(17-9-10-17)28(16(3)29)20-12-11-18(13-19(20)22)24(30)27(4)5/h6-8,11-13,15,17,22-23H,9-10H2,1-5H3,(H,25,26). The van der Waals surface area contributed by atoms with Gasteiger partial charge in [-0.2, -0.15) is 0 Å². The molecule has 0 spiro atoms. The number of fused-ring (bicyclic) bond motifs is 1. The van der Waals surface area contributed by atoms with Crippen molar-refractivity contribution in [3.05, 3.63) is 53.2 Å². The SMILES string of the molecule is CC(=O)N1c2ccc(C(=O)N(C)C)cc2C(Nc2cccc(C)n2)C(C)C1C1CC1. The Morgan fingerprint density at radius 1 is 1.17 bits per heavy atom. The maximum Gasteiger partial charge on any atom is 0.253 e. The minimum absolute atomic E-state index is 0.0367. The largest absolute Gasteiger partial charge is 0.363 e. The van der Waals surface area contributed by atoms with E-state index in [9.17, 15) is 9.59 Å². The summed E-state index contributed by atoms with van der Waals surface area (Å²) in [6.07, 6.45) is 2.31. The van der Waals surface area contributed by atoms with Crippen molar-refractivity contribution in [3.8, 4) is 0 Å². The van der Waals surface area contributed by atoms with Gasteiger partial charge in [0.25, 0.3) is 5.91 Å². The first kappa shape index (κ1) is 20.4. The summed E-state index contributed by atoms with van der Waals surface area (Å²) in [6, 6.07) is 11.8. The van der Waals surface area contributed by atoms with Gasteiger partial charge >= 0.3 is 0 Å². The average molecular weight is 407 g/mol. The zero-order valence-corrected chi connectivity index (χ0v) is 18.3. The lowest BCUT2D eigenvalue weighted by Crippen LogP contribution is -2.51. The predicted molar refractivity (Wildman–Crippen MR) is 119 cm³/mol. The van der Waals surface area contributed by atoms with Crippen LogP contribution in [0.5, 0.6) is 0 Å². The summed E-state index contributed by atoms with van der Waals surface area (Å²) in [5.41, 5.74) is 3.45. The summed E-state index contributed by atoms with van der Waals surface area (Å²) in [6.45, 7) is 5.82. The predicted octanol–water partition coefficient (Wildman–Crippen LogP) is 4.03. The van der Waals surface area contributed by atoms with Gasteiger partial charge in [-0.05, 0) is 61.6 Å². The Balaban J connectivity index is 1.83. The van der Waals surface area contributed by atoms with E-state index < -0.39 is 0 Å². The molecule has 1 aliphatic heterocycles. The second kappa shape index (κ2) is 7.74. The van der Waals surface area contributed by atoms with Gasteiger partial charge < -0.3 is 15.1 Å². The highest BCUT2D eigenvalue weighted by Crippen LogP contribution is 2.50. The number of nitrogens with zero attached hydrogens (tertiary/aromatic N) is 3. The Kier molecular flexibility index (Phi) is 5.26. The molecule has 2 aromatic rings. The van der Waals surface area contributed by atoms with E-state index in [0.29, 0.717) is 11.5 Å². The summed E-state index contributed by atoms with van der Waals surface area (Å²) in [5.74, 6) is 1.53. The summed E-state index contributed by atoms with van der Waals surface area (Å²) < 4.78 is 0. The summed E-state index contributed by atoms with van der Waals surface area (Å²) >= 11 is 0. The molecule has 0 radical (unpaired) electrons. The quantitative estimate of drug-likeness (QED) is 0.833. The molecule has 3 atom stereocenters. The molecule has 6 nitrogen and oxygen atoms in total. The fraction of sp³-hybridized carbons (Fsp3) is 0.458. The summed E-state index contributed by atoms with van der Waals surface area (Å²) in [5, 5.41) is 3.62. The van der Waals surface area contributed by atoms with Gasteiger partial charge in [0.2, 0.25) is 5.91 Å². The molecule has 0 saturated heterocycles. The molecule has 30 heavy (non-hydrogen) atoms. The Bertz CT molecular complexity index is 983. The van der Waals surface area contributed by atoms with Crippen LogP contribution in [0.15, 0.2) is 36.4 Å². The molecule has 2 amide bonds. The number of aryl methyl sites for hydroxylation is 1. The van der Waals surface area contributed by atoms with Crippen LogP contribution in [0.25, 0.3) is 0 Å². The average Bonchev–Trinajstić information content (AvgIpc) is 3.53. The minimum Gasteiger partial charge on any atom is -0.363 e. The van der Waals surface area contributed by atoms with E-state index >= 15 is 0 Å². The molecule has 158 valence electrons. The van der Waals surface area contributed by atoms with Crippen molar-refractivity contribution in [1.82, 2.24) is 9.88 Å². The van der Waals surface area contributed by atoms with Gasteiger partial charge in [0.1, 0.15) is 5.82 Å². The van der Waals surface area contributed by atoms with Gasteiger partial charge in [0.05, 0.1) is 6.04 Å². The van der Waals surface area contributed by atoms with E-state index in [2.05, 4.69) is 17.2 Å². The first-order chi connectivity index (χ1) is 14.3. The Morgan fingerprint density at radius 3 is 2.50 bits per heavy atom. The van der Waals surface area contributed by atoms with Crippen LogP contribution in [0.2, 0.25) is 0 Å². The van der Waals surface area contributed by atoms with Crippen LogP contribution in [0.3, 0.4) is 0 Å². The molecule has 1 N–H and O–H groups in total. The maximum absolute atomic E-state index is 12.7. The van der Waals surface area contributed by atoms with Crippen LogP contribution in [0, 0.1) is 18.8 Å². The number of rotatable bonds is 4. The summed E-state index contributed by atoms with van der Waals surface area (Å²) in [4.78, 5) is 33.5. The third-order valence-electron chi connectivity index (χ3n) is 6.27. The van der Waals surface area contributed by atoms with Crippen molar-refractivity contribution in [2.75, 3.05) is 24.3 Å². The molecule has 1 aromatic carbocycles. The van der Waals surface area contributed by atoms with Crippen LogP contribution in [-0.2, 0) is 4.79 Å². The first-order valence-electron chi connectivity index (χ1n) is 10.6. The normalized spacial score (nSPS) is 23.0. The molecule has 1 aromatic heterocycles. The van der Waals surface area contributed by atoms with Crippen LogP contribution in [0.1, 0.15) is 54.3 Å². The number of amides is 2. The van der Waals surface area contributed by atoms with Gasteiger partial charge in [-0.15, -0.1) is 0 Å². The maximum atomic E-state index is 12.7. The molecule has 6 heteroatoms. The second-order valence-corrected chi connectivity index (χ2v) is 8.84. The number of nitrogens with one attached hydrogen (secondary N) is 1. The highest BCUT2D eigenvalue weighted by Gasteiger charge is 2.47. The van der Waals surface area contributed by atoms with Crippen molar-refractivity contribution in [2.24, 2.45) is 11.8 Å². The lowest BCUT2D eigenvalue weighted by Gasteiger charge is -2.46. The van der Waals surface area contributed by atoms with E-state index in [1.807, 2.05) is 48.2 Å². The van der Waals surface area contributed by atoms with Crippen molar-refractivity contribution < 1.29 is 9.59 Å². The second-order valence-electron chi connectivity index (χ2n) is 8.84. The fourth-order valence-electron chi connectivity index (χ4n) is 4.74. The number of aromatic nitrogens is 1. The number of anilines is 2. The van der Waals surface area contributed by atoms with E-state index in [1.54, 1.807) is 25.9 Å². The Hall–Kier alpha value is -2.89. The molecular weight excluding hydrogens is 376 g/mol. The van der Waals surface area contributed by atoms with E-state index in [-0.39, 0.29) is 29.8 Å². The van der Waals surface area contributed by atoms with E-state index in [0.717, 1.165) is 35.6 Å². The van der Waals surface area contributed by atoms with Crippen LogP contribution in [0.4, 0.5) is 11.5 Å². The molecule has 0 bridgehead atoms. The topological polar surface area (TPSA) is 65.5 Å². The number of carbonyl (C=O) groups excluding carboxylic acids is 2. The van der Waals surface area contributed by atoms with Gasteiger partial charge in [-0.3, -0.25) is 9.59 Å². The highest BCUT2D eigenvalue weighted by atomic mass is 16.2. The molecule has 1 fully saturated rings. The molecule has 2 aliphatic rings. The third-order valence-corrected chi connectivity index (χ3v) is 6.27. The van der Waals surface area contributed by atoms with Crippen LogP contribution in [-0.4, -0.2) is 41.8 Å². The van der Waals surface area contributed by atoms with E-state index in [1.165, 1.54) is 0 Å². The lowest BCUT2D eigenvalue weighted by molar-refractivity contribution is -0.117. The molecule has 1 saturated carbocycles. The molecule has 1 aliphatic carbocycles. The third kappa shape index (κ3) is 3.66. The number of hydrogen-bond donors (Lipinski definition) is 1. The minimum atomic E-state index is -0.0448. The summed E-state index contributed by atoms with van der Waals surface area (Å²) in [7, 11) is 3.50. The first-order valence-corrected chi connectivity index (χ1v) is 10.6. The van der Waals surface area contributed by atoms with Crippen molar-refractivity contribution in [1.29, 1.82) is 0 Å². The fourth-order valence-corrected chi connectivity index (χ4v) is 4.74. The van der Waals surface area contributed by atoms with Gasteiger partial charge in [0, 0.05) is 49.9 Å². The zero-order chi connectivity index (χ0) is 21.6. The monoisotopic (exact) mass is 406 g/mol. The smallest absolute Gasteiger partial charge is 0.253 e. The Morgan fingerprint density at radius 2 is 1.90 bits per heavy atom. The molecule has 3 unspecified atom stereocenters. The van der Waals surface area contributed by atoms with E-state index in [4.69, 9.17) is 0 Å². The molecule has 2 heterocycles. The zero-order valence-electron chi connectivity index (χ0n) is 18.3. The number of benzene rings is 1. The van der Waals surface area contributed by atoms with Gasteiger partial charge in [-0.1, -0.05) is 13.0 Å². The molecule has 4 rings (SSSR count).